The molecular formula is C17H13N3O5. The van der Waals surface area contributed by atoms with Crippen molar-refractivity contribution in [2.24, 2.45) is 0 Å². The molecule has 0 N–H and O–H groups in total. The number of non-ortho nitro benzene ring substituents is 1. The lowest BCUT2D eigenvalue weighted by Crippen LogP contribution is -2.16. The first-order valence-electron chi connectivity index (χ1n) is 7.34. The van der Waals surface area contributed by atoms with Crippen molar-refractivity contribution in [1.29, 1.82) is 0 Å². The zero-order valence-corrected chi connectivity index (χ0v) is 13.2. The van der Waals surface area contributed by atoms with Gasteiger partial charge in [0.1, 0.15) is 12.3 Å². The van der Waals surface area contributed by atoms with E-state index in [1.807, 2.05) is 6.92 Å². The minimum atomic E-state index is -0.652. The van der Waals surface area contributed by atoms with Crippen molar-refractivity contribution in [3.8, 4) is 0 Å². The van der Waals surface area contributed by atoms with Crippen molar-refractivity contribution in [2.45, 2.75) is 13.5 Å². The Labute approximate surface area is 141 Å². The van der Waals surface area contributed by atoms with E-state index in [0.717, 1.165) is 5.56 Å². The van der Waals surface area contributed by atoms with E-state index in [1.165, 1.54) is 34.7 Å². The molecule has 0 fully saturated rings. The first-order valence-corrected chi connectivity index (χ1v) is 7.34. The third-order valence-corrected chi connectivity index (χ3v) is 3.54. The van der Waals surface area contributed by atoms with Crippen LogP contribution < -0.4 is 5.56 Å². The maximum Gasteiger partial charge on any atom is 0.338 e. The summed E-state index contributed by atoms with van der Waals surface area (Å²) in [6.07, 6.45) is 1.63. The summed E-state index contributed by atoms with van der Waals surface area (Å²) in [5.74, 6) is -0.652. The smallest absolute Gasteiger partial charge is 0.338 e. The zero-order valence-electron chi connectivity index (χ0n) is 13.2. The number of fused-ring (bicyclic) bond motifs is 1. The lowest BCUT2D eigenvalue weighted by atomic mass is 10.2. The molecule has 0 saturated heterocycles. The molecule has 0 aliphatic heterocycles. The fraction of sp³-hybridized carbons (Fsp3) is 0.118. The average molecular weight is 339 g/mol. The van der Waals surface area contributed by atoms with E-state index in [2.05, 4.69) is 4.98 Å². The van der Waals surface area contributed by atoms with Crippen LogP contribution in [0.2, 0.25) is 0 Å². The normalized spacial score (nSPS) is 10.6. The molecule has 0 aliphatic rings. The van der Waals surface area contributed by atoms with E-state index in [1.54, 1.807) is 18.3 Å². The Hall–Kier alpha value is -3.55. The van der Waals surface area contributed by atoms with Gasteiger partial charge in [0.2, 0.25) is 0 Å². The first-order chi connectivity index (χ1) is 11.9. The molecule has 3 aromatic rings. The van der Waals surface area contributed by atoms with Crippen LogP contribution in [0.1, 0.15) is 21.6 Å². The highest BCUT2D eigenvalue weighted by molar-refractivity contribution is 5.89. The summed E-state index contributed by atoms with van der Waals surface area (Å²) in [6.45, 7) is 1.71. The number of rotatable bonds is 4. The topological polar surface area (TPSA) is 104 Å². The third kappa shape index (κ3) is 3.52. The van der Waals surface area contributed by atoms with Gasteiger partial charge in [-0.15, -0.1) is 0 Å². The van der Waals surface area contributed by atoms with Gasteiger partial charge in [-0.2, -0.15) is 0 Å². The SMILES string of the molecule is Cc1ccn2c(=O)cc(COC(=O)c3ccc([N+](=O)[O-])cc3)nc2c1. The molecule has 8 heteroatoms. The Balaban J connectivity index is 1.76. The minimum absolute atomic E-state index is 0.115. The number of benzene rings is 1. The van der Waals surface area contributed by atoms with Gasteiger partial charge in [0.15, 0.2) is 0 Å². The number of carbonyl (C=O) groups excluding carboxylic acids is 1. The molecule has 0 spiro atoms. The van der Waals surface area contributed by atoms with E-state index in [0.29, 0.717) is 11.3 Å². The standard InChI is InChI=1S/C17H13N3O5/c1-11-6-7-19-15(8-11)18-13(9-16(19)21)10-25-17(22)12-2-4-14(5-3-12)20(23)24/h2-9H,10H2,1H3. The van der Waals surface area contributed by atoms with E-state index < -0.39 is 10.9 Å². The number of hydrogen-bond acceptors (Lipinski definition) is 6. The molecule has 2 heterocycles. The summed E-state index contributed by atoms with van der Waals surface area (Å²) in [4.78, 5) is 38.4. The predicted molar refractivity (Wildman–Crippen MR) is 88.4 cm³/mol. The van der Waals surface area contributed by atoms with Crippen LogP contribution in [-0.4, -0.2) is 20.3 Å². The van der Waals surface area contributed by atoms with Gasteiger partial charge in [0, 0.05) is 24.4 Å². The number of ether oxygens (including phenoxy) is 1. The number of carbonyl (C=O) groups is 1. The van der Waals surface area contributed by atoms with Gasteiger partial charge in [-0.3, -0.25) is 19.3 Å². The number of esters is 1. The molecule has 0 radical (unpaired) electrons. The van der Waals surface area contributed by atoms with Crippen LogP contribution in [0.3, 0.4) is 0 Å². The fourth-order valence-corrected chi connectivity index (χ4v) is 2.27. The van der Waals surface area contributed by atoms with Crippen LogP contribution in [-0.2, 0) is 11.3 Å². The highest BCUT2D eigenvalue weighted by Crippen LogP contribution is 2.13. The Morgan fingerprint density at radius 2 is 1.96 bits per heavy atom. The van der Waals surface area contributed by atoms with Crippen LogP contribution in [0.15, 0.2) is 53.5 Å². The van der Waals surface area contributed by atoms with Crippen molar-refractivity contribution in [3.05, 3.63) is 86.0 Å². The number of nitrogens with zero attached hydrogens (tertiary/aromatic N) is 3. The Morgan fingerprint density at radius 3 is 2.64 bits per heavy atom. The number of pyridine rings is 1. The highest BCUT2D eigenvalue weighted by atomic mass is 16.6. The van der Waals surface area contributed by atoms with Crippen molar-refractivity contribution in [2.75, 3.05) is 0 Å². The average Bonchev–Trinajstić information content (AvgIpc) is 2.59. The molecule has 3 rings (SSSR count). The maximum atomic E-state index is 12.0. The molecule has 0 aliphatic carbocycles. The second kappa shape index (κ2) is 6.52. The molecule has 0 atom stereocenters. The predicted octanol–water partition coefficient (Wildman–Crippen LogP) is 2.27. The first kappa shape index (κ1) is 16.3. The molecule has 2 aromatic heterocycles. The number of nitro groups is 1. The Bertz CT molecular complexity index is 1020. The summed E-state index contributed by atoms with van der Waals surface area (Å²) in [5, 5.41) is 10.6. The maximum absolute atomic E-state index is 12.0. The molecule has 0 amide bonds. The van der Waals surface area contributed by atoms with E-state index in [-0.39, 0.29) is 23.4 Å². The lowest BCUT2D eigenvalue weighted by molar-refractivity contribution is -0.384. The van der Waals surface area contributed by atoms with Crippen LogP contribution in [0.5, 0.6) is 0 Å². The van der Waals surface area contributed by atoms with Crippen LogP contribution in [0, 0.1) is 17.0 Å². The van der Waals surface area contributed by atoms with Gasteiger partial charge >= 0.3 is 5.97 Å². The van der Waals surface area contributed by atoms with Crippen molar-refractivity contribution >= 4 is 17.3 Å². The molecular weight excluding hydrogens is 326 g/mol. The molecule has 0 saturated carbocycles. The van der Waals surface area contributed by atoms with Gasteiger partial charge < -0.3 is 4.74 Å². The lowest BCUT2D eigenvalue weighted by Gasteiger charge is -2.06. The van der Waals surface area contributed by atoms with E-state index in [9.17, 15) is 19.7 Å². The monoisotopic (exact) mass is 339 g/mol. The molecule has 0 unspecified atom stereocenters. The minimum Gasteiger partial charge on any atom is -0.456 e. The molecule has 0 bridgehead atoms. The second-order valence-corrected chi connectivity index (χ2v) is 5.40. The molecule has 8 nitrogen and oxygen atoms in total. The van der Waals surface area contributed by atoms with Crippen LogP contribution in [0.4, 0.5) is 5.69 Å². The zero-order chi connectivity index (χ0) is 18.0. The van der Waals surface area contributed by atoms with E-state index >= 15 is 0 Å². The van der Waals surface area contributed by atoms with Crippen molar-refractivity contribution in [3.63, 3.8) is 0 Å². The van der Waals surface area contributed by atoms with Crippen LogP contribution >= 0.6 is 0 Å². The second-order valence-electron chi connectivity index (χ2n) is 5.40. The van der Waals surface area contributed by atoms with Gasteiger partial charge in [-0.05, 0) is 36.8 Å². The highest BCUT2D eigenvalue weighted by Gasteiger charge is 2.12. The molecule has 1 aromatic carbocycles. The Morgan fingerprint density at radius 1 is 1.24 bits per heavy atom. The quantitative estimate of drug-likeness (QED) is 0.410. The van der Waals surface area contributed by atoms with Crippen molar-refractivity contribution in [1.82, 2.24) is 9.38 Å². The van der Waals surface area contributed by atoms with E-state index in [4.69, 9.17) is 4.74 Å². The van der Waals surface area contributed by atoms with Gasteiger partial charge in [-0.25, -0.2) is 9.78 Å². The van der Waals surface area contributed by atoms with Crippen LogP contribution in [0.25, 0.3) is 5.65 Å². The van der Waals surface area contributed by atoms with Gasteiger partial charge in [0.25, 0.3) is 11.2 Å². The summed E-state index contributed by atoms with van der Waals surface area (Å²) >= 11 is 0. The summed E-state index contributed by atoms with van der Waals surface area (Å²) in [6, 6.07) is 9.91. The third-order valence-electron chi connectivity index (χ3n) is 3.54. The number of nitro benzene ring substituents is 1. The number of aryl methyl sites for hydroxylation is 1. The van der Waals surface area contributed by atoms with Gasteiger partial charge in [-0.1, -0.05) is 0 Å². The largest absolute Gasteiger partial charge is 0.456 e. The summed E-state index contributed by atoms with van der Waals surface area (Å²) in [5.41, 5.74) is 1.54. The summed E-state index contributed by atoms with van der Waals surface area (Å²) < 4.78 is 6.53. The molecule has 25 heavy (non-hydrogen) atoms. The number of hydrogen-bond donors (Lipinski definition) is 0. The van der Waals surface area contributed by atoms with Gasteiger partial charge in [0.05, 0.1) is 16.2 Å². The molecule has 126 valence electrons. The fourth-order valence-electron chi connectivity index (χ4n) is 2.27. The summed E-state index contributed by atoms with van der Waals surface area (Å²) in [7, 11) is 0. The number of aromatic nitrogens is 2. The Kier molecular flexibility index (Phi) is 4.25. The van der Waals surface area contributed by atoms with Crippen molar-refractivity contribution < 1.29 is 14.5 Å².